The second-order valence-corrected chi connectivity index (χ2v) is 6.91. The van der Waals surface area contributed by atoms with E-state index in [0.29, 0.717) is 22.4 Å². The number of anilines is 1. The average molecular weight is 347 g/mol. The second kappa shape index (κ2) is 7.27. The van der Waals surface area contributed by atoms with Crippen LogP contribution in [-0.2, 0) is 20.5 Å². The summed E-state index contributed by atoms with van der Waals surface area (Å²) in [6.45, 7) is 1.41. The molecule has 2 rings (SSSR count). The SMILES string of the molecule is COC(=O)c1ccc(CS(=O)(=O)Nc2cccc(C(C)=O)c2)cc1. The highest BCUT2D eigenvalue weighted by molar-refractivity contribution is 7.91. The minimum Gasteiger partial charge on any atom is -0.465 e. The monoisotopic (exact) mass is 347 g/mol. The highest BCUT2D eigenvalue weighted by atomic mass is 32.2. The van der Waals surface area contributed by atoms with Gasteiger partial charge in [0, 0.05) is 11.3 Å². The van der Waals surface area contributed by atoms with E-state index in [1.165, 1.54) is 32.2 Å². The molecular formula is C17H17NO5S. The van der Waals surface area contributed by atoms with Crippen molar-refractivity contribution in [2.75, 3.05) is 11.8 Å². The Hall–Kier alpha value is -2.67. The fraction of sp³-hybridized carbons (Fsp3) is 0.176. The van der Waals surface area contributed by atoms with Crippen LogP contribution in [0.5, 0.6) is 0 Å². The number of methoxy groups -OCH3 is 1. The van der Waals surface area contributed by atoms with Gasteiger partial charge in [0.25, 0.3) is 0 Å². The topological polar surface area (TPSA) is 89.5 Å². The van der Waals surface area contributed by atoms with Gasteiger partial charge in [-0.2, -0.15) is 0 Å². The molecule has 2 aromatic carbocycles. The smallest absolute Gasteiger partial charge is 0.337 e. The summed E-state index contributed by atoms with van der Waals surface area (Å²) in [4.78, 5) is 22.7. The van der Waals surface area contributed by atoms with Crippen LogP contribution in [0.15, 0.2) is 48.5 Å². The van der Waals surface area contributed by atoms with Crippen LogP contribution in [0.2, 0.25) is 0 Å². The van der Waals surface area contributed by atoms with E-state index in [0.717, 1.165) is 0 Å². The van der Waals surface area contributed by atoms with Gasteiger partial charge in [0.1, 0.15) is 0 Å². The van der Waals surface area contributed by atoms with Crippen LogP contribution in [0.1, 0.15) is 33.2 Å². The summed E-state index contributed by atoms with van der Waals surface area (Å²) in [5.41, 5.74) is 1.63. The molecule has 0 saturated carbocycles. The standard InChI is InChI=1S/C17H17NO5S/c1-12(19)15-4-3-5-16(10-15)18-24(21,22)11-13-6-8-14(9-7-13)17(20)23-2/h3-10,18H,11H2,1-2H3. The first-order valence-electron chi connectivity index (χ1n) is 7.09. The van der Waals surface area contributed by atoms with Crippen molar-refractivity contribution in [2.24, 2.45) is 0 Å². The van der Waals surface area contributed by atoms with Gasteiger partial charge in [-0.1, -0.05) is 24.3 Å². The quantitative estimate of drug-likeness (QED) is 0.641. The van der Waals surface area contributed by atoms with E-state index in [2.05, 4.69) is 9.46 Å². The van der Waals surface area contributed by atoms with Crippen molar-refractivity contribution in [2.45, 2.75) is 12.7 Å². The third-order valence-electron chi connectivity index (χ3n) is 3.27. The van der Waals surface area contributed by atoms with Gasteiger partial charge in [-0.3, -0.25) is 9.52 Å². The van der Waals surface area contributed by atoms with Crippen LogP contribution in [-0.4, -0.2) is 27.3 Å². The summed E-state index contributed by atoms with van der Waals surface area (Å²) in [5.74, 6) is -0.878. The number of carbonyl (C=O) groups excluding carboxylic acids is 2. The molecular weight excluding hydrogens is 330 g/mol. The lowest BCUT2D eigenvalue weighted by atomic mass is 10.1. The summed E-state index contributed by atoms with van der Waals surface area (Å²) >= 11 is 0. The Balaban J connectivity index is 2.12. The summed E-state index contributed by atoms with van der Waals surface area (Å²) in [5, 5.41) is 0. The highest BCUT2D eigenvalue weighted by Gasteiger charge is 2.13. The molecule has 0 aromatic heterocycles. The number of rotatable bonds is 6. The first kappa shape index (κ1) is 17.7. The molecule has 0 unspecified atom stereocenters. The van der Waals surface area contributed by atoms with Crippen LogP contribution in [0.4, 0.5) is 5.69 Å². The van der Waals surface area contributed by atoms with E-state index in [-0.39, 0.29) is 11.5 Å². The third kappa shape index (κ3) is 4.66. The van der Waals surface area contributed by atoms with Crippen LogP contribution in [0.3, 0.4) is 0 Å². The minimum atomic E-state index is -3.65. The van der Waals surface area contributed by atoms with E-state index in [4.69, 9.17) is 0 Å². The molecule has 7 heteroatoms. The second-order valence-electron chi connectivity index (χ2n) is 5.19. The maximum absolute atomic E-state index is 12.2. The van der Waals surface area contributed by atoms with E-state index in [1.54, 1.807) is 30.3 Å². The number of hydrogen-bond acceptors (Lipinski definition) is 5. The van der Waals surface area contributed by atoms with Crippen molar-refractivity contribution < 1.29 is 22.7 Å². The van der Waals surface area contributed by atoms with Gasteiger partial charge in [-0.15, -0.1) is 0 Å². The van der Waals surface area contributed by atoms with Crippen LogP contribution in [0, 0.1) is 0 Å². The lowest BCUT2D eigenvalue weighted by Crippen LogP contribution is -2.15. The predicted molar refractivity (Wildman–Crippen MR) is 90.5 cm³/mol. The van der Waals surface area contributed by atoms with Crippen LogP contribution in [0.25, 0.3) is 0 Å². The van der Waals surface area contributed by atoms with Gasteiger partial charge in [0.05, 0.1) is 18.4 Å². The van der Waals surface area contributed by atoms with E-state index < -0.39 is 16.0 Å². The number of benzene rings is 2. The molecule has 6 nitrogen and oxygen atoms in total. The van der Waals surface area contributed by atoms with E-state index >= 15 is 0 Å². The molecule has 0 atom stereocenters. The van der Waals surface area contributed by atoms with Gasteiger partial charge in [0.15, 0.2) is 5.78 Å². The minimum absolute atomic E-state index is 0.144. The van der Waals surface area contributed by atoms with E-state index in [1.807, 2.05) is 0 Å². The summed E-state index contributed by atoms with van der Waals surface area (Å²) in [6.07, 6.45) is 0. The van der Waals surface area contributed by atoms with Gasteiger partial charge in [-0.05, 0) is 36.8 Å². The Kier molecular flexibility index (Phi) is 5.35. The van der Waals surface area contributed by atoms with Crippen molar-refractivity contribution in [1.29, 1.82) is 0 Å². The van der Waals surface area contributed by atoms with Gasteiger partial charge in [-0.25, -0.2) is 13.2 Å². The molecule has 24 heavy (non-hydrogen) atoms. The Labute approximate surface area is 140 Å². The summed E-state index contributed by atoms with van der Waals surface area (Å²) < 4.78 is 31.5. The lowest BCUT2D eigenvalue weighted by molar-refractivity contribution is 0.0600. The largest absolute Gasteiger partial charge is 0.465 e. The third-order valence-corrected chi connectivity index (χ3v) is 4.53. The van der Waals surface area contributed by atoms with Crippen LogP contribution >= 0.6 is 0 Å². The number of nitrogens with one attached hydrogen (secondary N) is 1. The number of hydrogen-bond donors (Lipinski definition) is 1. The summed E-state index contributed by atoms with van der Waals surface area (Å²) in [6, 6.07) is 12.4. The number of esters is 1. The van der Waals surface area contributed by atoms with Crippen molar-refractivity contribution >= 4 is 27.5 Å². The highest BCUT2D eigenvalue weighted by Crippen LogP contribution is 2.16. The zero-order valence-electron chi connectivity index (χ0n) is 13.3. The zero-order chi connectivity index (χ0) is 17.7. The maximum atomic E-state index is 12.2. The molecule has 0 saturated heterocycles. The fourth-order valence-electron chi connectivity index (χ4n) is 2.09. The van der Waals surface area contributed by atoms with Gasteiger partial charge >= 0.3 is 5.97 Å². The normalized spacial score (nSPS) is 10.9. The van der Waals surface area contributed by atoms with E-state index in [9.17, 15) is 18.0 Å². The molecule has 0 aliphatic carbocycles. The lowest BCUT2D eigenvalue weighted by Gasteiger charge is -2.09. The molecule has 0 spiro atoms. The Morgan fingerprint density at radius 1 is 1.04 bits per heavy atom. The fourth-order valence-corrected chi connectivity index (χ4v) is 3.28. The van der Waals surface area contributed by atoms with Gasteiger partial charge in [0.2, 0.25) is 10.0 Å². The number of ether oxygens (including phenoxy) is 1. The molecule has 0 amide bonds. The Bertz CT molecular complexity index is 857. The molecule has 0 heterocycles. The predicted octanol–water partition coefficient (Wildman–Crippen LogP) is 2.62. The number of sulfonamides is 1. The number of Topliss-reactive ketones (excluding diaryl/α,β-unsaturated/α-hetero) is 1. The Morgan fingerprint density at radius 3 is 2.29 bits per heavy atom. The molecule has 126 valence electrons. The Morgan fingerprint density at radius 2 is 1.71 bits per heavy atom. The summed E-state index contributed by atoms with van der Waals surface area (Å²) in [7, 11) is -2.37. The van der Waals surface area contributed by atoms with Crippen molar-refractivity contribution in [3.63, 3.8) is 0 Å². The van der Waals surface area contributed by atoms with Gasteiger partial charge < -0.3 is 4.74 Å². The first-order valence-corrected chi connectivity index (χ1v) is 8.75. The molecule has 0 aliphatic heterocycles. The van der Waals surface area contributed by atoms with Crippen molar-refractivity contribution in [1.82, 2.24) is 0 Å². The molecule has 2 aromatic rings. The zero-order valence-corrected chi connectivity index (χ0v) is 14.1. The van der Waals surface area contributed by atoms with Crippen molar-refractivity contribution in [3.8, 4) is 0 Å². The number of ketones is 1. The molecule has 0 aliphatic rings. The van der Waals surface area contributed by atoms with Crippen LogP contribution < -0.4 is 4.72 Å². The first-order chi connectivity index (χ1) is 11.3. The van der Waals surface area contributed by atoms with Crippen molar-refractivity contribution in [3.05, 3.63) is 65.2 Å². The molecule has 0 bridgehead atoms. The molecule has 0 fully saturated rings. The average Bonchev–Trinajstić information content (AvgIpc) is 2.54. The number of carbonyl (C=O) groups is 2. The molecule has 1 N–H and O–H groups in total. The molecule has 0 radical (unpaired) electrons. The maximum Gasteiger partial charge on any atom is 0.337 e.